The average molecular weight is 1370 g/mol. The molecule has 0 radical (unpaired) electrons. The number of nitrogens with one attached hydrogen (secondary N) is 5. The fourth-order valence-electron chi connectivity index (χ4n) is 10.5. The van der Waals surface area contributed by atoms with Gasteiger partial charge < -0.3 is 86.4 Å². The third kappa shape index (κ3) is 18.7. The SMILES string of the molecule is COc1cc2c(OC[C@@H]3CCC(=O)N3)nccc2cc1C(=O)S.COc1cc2c(OC[C@@H]3CCC(=O)N3)nccc2cc1NC(N)=S.COc1cc2c(OC[C@@H]3CCC(=O)N3)nccc2cc1OC(N)=S.COc1cc2c(OC[C@@H]3CCC(=O)N3)nccc2cc1SC(N)=O. The van der Waals surface area contributed by atoms with Gasteiger partial charge in [-0.05, 0) is 156 Å². The van der Waals surface area contributed by atoms with Gasteiger partial charge in [-0.2, -0.15) is 0 Å². The first-order valence-corrected chi connectivity index (χ1v) is 31.7. The van der Waals surface area contributed by atoms with E-state index in [1.54, 1.807) is 68.3 Å². The highest BCUT2D eigenvalue weighted by Gasteiger charge is 2.26. The number of carbonyl (C=O) groups excluding carboxylic acids is 6. The molecule has 95 heavy (non-hydrogen) atoms. The molecular weight excluding hydrogens is 1310 g/mol. The first kappa shape index (κ1) is 69.4. The van der Waals surface area contributed by atoms with E-state index in [2.05, 4.69) is 59.1 Å². The van der Waals surface area contributed by atoms with Crippen LogP contribution in [-0.4, -0.2) is 143 Å². The van der Waals surface area contributed by atoms with Crippen molar-refractivity contribution >= 4 is 142 Å². The summed E-state index contributed by atoms with van der Waals surface area (Å²) in [6.07, 6.45) is 11.7. The summed E-state index contributed by atoms with van der Waals surface area (Å²) >= 11 is 14.4. The summed E-state index contributed by atoms with van der Waals surface area (Å²) in [6.45, 7) is 1.46. The molecule has 27 nitrogen and oxygen atoms in total. The molecule has 0 saturated carbocycles. The van der Waals surface area contributed by atoms with Crippen LogP contribution in [0, 0.1) is 0 Å². The molecule has 4 aliphatic rings. The summed E-state index contributed by atoms with van der Waals surface area (Å²) in [6, 6.07) is 21.6. The molecule has 4 atom stereocenters. The van der Waals surface area contributed by atoms with E-state index in [-0.39, 0.29) is 63.2 Å². The molecule has 0 unspecified atom stereocenters. The minimum Gasteiger partial charge on any atom is -0.496 e. The molecule has 498 valence electrons. The van der Waals surface area contributed by atoms with Crippen LogP contribution in [0.2, 0.25) is 0 Å². The van der Waals surface area contributed by atoms with Gasteiger partial charge in [0.1, 0.15) is 43.7 Å². The number of thiol groups is 1. The molecule has 4 fully saturated rings. The molecule has 0 spiro atoms. The predicted octanol–water partition coefficient (Wildman–Crippen LogP) is 7.12. The van der Waals surface area contributed by atoms with Gasteiger partial charge in [0.2, 0.25) is 52.3 Å². The first-order chi connectivity index (χ1) is 45.8. The molecule has 4 saturated heterocycles. The lowest BCUT2D eigenvalue weighted by atomic mass is 10.1. The number of thiocarbonyl (C=S) groups is 2. The number of aromatic nitrogens is 4. The number of rotatable bonds is 20. The quantitative estimate of drug-likeness (QED) is 0.0208. The van der Waals surface area contributed by atoms with E-state index in [0.29, 0.717) is 121 Å². The van der Waals surface area contributed by atoms with Crippen molar-refractivity contribution in [2.24, 2.45) is 17.2 Å². The second-order valence-electron chi connectivity index (χ2n) is 21.6. The smallest absolute Gasteiger partial charge is 0.281 e. The van der Waals surface area contributed by atoms with Crippen LogP contribution in [-0.2, 0) is 19.2 Å². The molecule has 5 amide bonds. The number of fused-ring (bicyclic) bond motifs is 4. The Kier molecular flexibility index (Phi) is 23.9. The topological polar surface area (TPSA) is 375 Å². The van der Waals surface area contributed by atoms with Gasteiger partial charge in [0.05, 0.1) is 68.8 Å². The lowest BCUT2D eigenvalue weighted by Crippen LogP contribution is -2.31. The van der Waals surface area contributed by atoms with Gasteiger partial charge >= 0.3 is 0 Å². The molecular formula is C64H68N12O15S4. The summed E-state index contributed by atoms with van der Waals surface area (Å²) in [4.78, 5) is 85.4. The first-order valence-electron chi connectivity index (χ1n) is 29.6. The number of amides is 5. The normalized spacial score (nSPS) is 16.9. The molecule has 31 heteroatoms. The van der Waals surface area contributed by atoms with Crippen LogP contribution < -0.4 is 86.4 Å². The van der Waals surface area contributed by atoms with Crippen molar-refractivity contribution in [1.29, 1.82) is 0 Å². The Morgan fingerprint density at radius 2 is 0.863 bits per heavy atom. The summed E-state index contributed by atoms with van der Waals surface area (Å²) in [5, 5.41) is 20.1. The van der Waals surface area contributed by atoms with Crippen molar-refractivity contribution in [3.8, 4) is 52.3 Å². The number of ether oxygens (including phenoxy) is 9. The van der Waals surface area contributed by atoms with E-state index in [4.69, 9.17) is 84.3 Å². The molecule has 4 aromatic carbocycles. The highest BCUT2D eigenvalue weighted by Crippen LogP contribution is 2.39. The van der Waals surface area contributed by atoms with E-state index >= 15 is 0 Å². The van der Waals surface area contributed by atoms with Crippen LogP contribution in [0.3, 0.4) is 0 Å². The predicted molar refractivity (Wildman–Crippen MR) is 366 cm³/mol. The van der Waals surface area contributed by atoms with Crippen LogP contribution in [0.4, 0.5) is 10.5 Å². The van der Waals surface area contributed by atoms with Gasteiger partial charge in [-0.1, -0.05) is 0 Å². The van der Waals surface area contributed by atoms with Crippen LogP contribution in [0.25, 0.3) is 43.1 Å². The number of nitrogens with two attached hydrogens (primary N) is 3. The van der Waals surface area contributed by atoms with Crippen molar-refractivity contribution in [3.05, 3.63) is 103 Å². The highest BCUT2D eigenvalue weighted by atomic mass is 32.2. The molecule has 12 rings (SSSR count). The maximum Gasteiger partial charge on any atom is 0.281 e. The van der Waals surface area contributed by atoms with Crippen molar-refractivity contribution in [2.75, 3.05) is 60.2 Å². The minimum atomic E-state index is -0.504. The fourth-order valence-corrected chi connectivity index (χ4v) is 11.5. The van der Waals surface area contributed by atoms with Gasteiger partial charge in [-0.25, -0.2) is 19.9 Å². The number of pyridine rings is 4. The van der Waals surface area contributed by atoms with Crippen LogP contribution in [0.5, 0.6) is 52.3 Å². The summed E-state index contributed by atoms with van der Waals surface area (Å²) in [5.41, 5.74) is 17.3. The number of hydrogen-bond donors (Lipinski definition) is 9. The van der Waals surface area contributed by atoms with E-state index in [0.717, 1.165) is 80.5 Å². The van der Waals surface area contributed by atoms with Gasteiger partial charge in [-0.3, -0.25) is 28.8 Å². The molecule has 8 heterocycles. The maximum absolute atomic E-state index is 11.6. The van der Waals surface area contributed by atoms with Crippen LogP contribution in [0.15, 0.2) is 102 Å². The van der Waals surface area contributed by atoms with Gasteiger partial charge in [-0.15, -0.1) is 12.6 Å². The number of benzene rings is 4. The Morgan fingerprint density at radius 3 is 1.21 bits per heavy atom. The lowest BCUT2D eigenvalue weighted by Gasteiger charge is -2.15. The Bertz CT molecular complexity index is 3910. The second-order valence-corrected chi connectivity index (χ2v) is 23.8. The largest absolute Gasteiger partial charge is 0.496 e. The zero-order valence-electron chi connectivity index (χ0n) is 51.8. The Morgan fingerprint density at radius 1 is 0.505 bits per heavy atom. The zero-order chi connectivity index (χ0) is 67.7. The second kappa shape index (κ2) is 32.7. The van der Waals surface area contributed by atoms with Crippen molar-refractivity contribution in [2.45, 2.75) is 80.4 Å². The maximum atomic E-state index is 11.6. The average Bonchev–Trinajstić information content (AvgIpc) is 1.32. The summed E-state index contributed by atoms with van der Waals surface area (Å²) in [5.74, 6) is 4.50. The Balaban J connectivity index is 0.000000149. The number of carbonyl (C=O) groups is 6. The number of thioether (sulfide) groups is 1. The third-order valence-corrected chi connectivity index (χ3v) is 16.2. The van der Waals surface area contributed by atoms with E-state index in [9.17, 15) is 28.8 Å². The van der Waals surface area contributed by atoms with E-state index in [1.807, 2.05) is 36.4 Å². The Hall–Kier alpha value is -9.98. The number of primary amides is 1. The summed E-state index contributed by atoms with van der Waals surface area (Å²) in [7, 11) is 6.11. The lowest BCUT2D eigenvalue weighted by molar-refractivity contribution is -0.120. The Labute approximate surface area is 564 Å². The molecule has 4 aromatic heterocycles. The number of methoxy groups -OCH3 is 4. The molecule has 0 bridgehead atoms. The zero-order valence-corrected chi connectivity index (χ0v) is 55.2. The van der Waals surface area contributed by atoms with Gasteiger partial charge in [0, 0.05) is 72.0 Å². The monoisotopic (exact) mass is 1370 g/mol. The van der Waals surface area contributed by atoms with E-state index < -0.39 is 5.24 Å². The summed E-state index contributed by atoms with van der Waals surface area (Å²) < 4.78 is 49.8. The molecule has 0 aliphatic carbocycles. The number of hydrogen-bond acceptors (Lipinski definition) is 22. The fraction of sp³-hybridized carbons (Fsp3) is 0.312. The third-order valence-electron chi connectivity index (χ3n) is 15.1. The van der Waals surface area contributed by atoms with Gasteiger partial charge in [0.25, 0.3) is 10.4 Å². The van der Waals surface area contributed by atoms with Gasteiger partial charge in [0.15, 0.2) is 16.6 Å². The highest BCUT2D eigenvalue weighted by molar-refractivity contribution is 8.13. The van der Waals surface area contributed by atoms with Crippen molar-refractivity contribution in [3.63, 3.8) is 0 Å². The van der Waals surface area contributed by atoms with Crippen LogP contribution >= 0.6 is 48.8 Å². The standard InChI is InChI=1S/C16H18N4O3S.2C16H17N3O4S.C16H16N2O4S/c1-22-13-7-11-9(6-12(13)20-16(17)24)4-5-18-15(11)23-8-10-2-3-14(21)19-10;1-22-12-7-11-9(6-13(12)24-16(17)21)4-5-18-15(11)23-8-10-2-3-14(20)19-10;1-21-12-7-11-9(6-13(12)23-16(17)24)4-5-18-15(11)22-8-10-2-3-14(20)19-10;1-21-13-7-11-9(6-12(13)16(20)23)4-5-17-15(11)22-8-10-2-3-14(19)18-10/h4-7,10H,2-3,8H2,1H3,(H,19,21)(H3,17,20,24);4-7,10H,2-3,8H2,1H3,(H2,17,21)(H,19,20);4-7,10H,2-3,8H2,1H3,(H2,17,24)(H,19,20);4-7,10H,2-3,8H2,1H3,(H,18,19)(H,20,23)/t4*10-/m0000/s1. The van der Waals surface area contributed by atoms with Crippen molar-refractivity contribution in [1.82, 2.24) is 41.2 Å². The van der Waals surface area contributed by atoms with Crippen LogP contribution in [0.1, 0.15) is 61.7 Å². The van der Waals surface area contributed by atoms with E-state index in [1.165, 1.54) is 21.3 Å². The number of anilines is 1. The minimum absolute atomic E-state index is 0.000237. The molecule has 4 aliphatic heterocycles. The van der Waals surface area contributed by atoms with Crippen molar-refractivity contribution < 1.29 is 71.4 Å². The molecule has 8 aromatic rings. The number of nitrogens with zero attached hydrogens (tertiary/aromatic N) is 4. The molecule has 11 N–H and O–H groups in total.